The summed E-state index contributed by atoms with van der Waals surface area (Å²) in [7, 11) is 1.59. The Kier molecular flexibility index (Phi) is 7.29. The summed E-state index contributed by atoms with van der Waals surface area (Å²) in [4.78, 5) is 11.7. The number of methoxy groups -OCH3 is 1. The smallest absolute Gasteiger partial charge is 0.222 e. The van der Waals surface area contributed by atoms with Gasteiger partial charge in [-0.15, -0.1) is 0 Å². The lowest BCUT2D eigenvalue weighted by Crippen LogP contribution is -2.26. The maximum Gasteiger partial charge on any atom is 0.222 e. The van der Waals surface area contributed by atoms with Crippen LogP contribution in [0, 0.1) is 0 Å². The molecule has 0 aromatic heterocycles. The first-order chi connectivity index (χ1) is 12.1. The molecule has 0 aliphatic rings. The predicted octanol–water partition coefficient (Wildman–Crippen LogP) is 3.05. The fraction of sp³-hybridized carbons (Fsp3) is 0.350. The summed E-state index contributed by atoms with van der Waals surface area (Å²) in [5.41, 5.74) is 1.98. The standard InChI is InChI=1S/C20H25NO4/c1-3-17(22)12-20(23)21-13-16-9-10-18(19(11-16)24-2)25-14-15-7-5-4-6-8-15/h4-11,17,22H,3,12-14H2,1-2H3,(H,21,23). The Labute approximate surface area is 148 Å². The topological polar surface area (TPSA) is 67.8 Å². The van der Waals surface area contributed by atoms with Crippen LogP contribution in [0.4, 0.5) is 0 Å². The van der Waals surface area contributed by atoms with Crippen LogP contribution in [0.5, 0.6) is 11.5 Å². The van der Waals surface area contributed by atoms with Gasteiger partial charge in [0.2, 0.25) is 5.91 Å². The molecule has 0 fully saturated rings. The molecule has 1 atom stereocenters. The number of aliphatic hydroxyl groups excluding tert-OH is 1. The zero-order valence-electron chi connectivity index (χ0n) is 14.7. The first-order valence-corrected chi connectivity index (χ1v) is 8.40. The number of aliphatic hydroxyl groups is 1. The summed E-state index contributed by atoms with van der Waals surface area (Å²) in [6.07, 6.45) is 0.0870. The van der Waals surface area contributed by atoms with Gasteiger partial charge in [0.1, 0.15) is 6.61 Å². The van der Waals surface area contributed by atoms with Crippen LogP contribution < -0.4 is 14.8 Å². The minimum atomic E-state index is -0.594. The van der Waals surface area contributed by atoms with E-state index in [4.69, 9.17) is 9.47 Å². The second-order valence-corrected chi connectivity index (χ2v) is 5.80. The molecule has 0 bridgehead atoms. The Morgan fingerprint density at radius 3 is 2.56 bits per heavy atom. The minimum absolute atomic E-state index is 0.117. The van der Waals surface area contributed by atoms with E-state index in [1.807, 2.05) is 55.5 Å². The van der Waals surface area contributed by atoms with E-state index in [1.54, 1.807) is 7.11 Å². The second-order valence-electron chi connectivity index (χ2n) is 5.80. The van der Waals surface area contributed by atoms with Gasteiger partial charge in [0, 0.05) is 6.54 Å². The summed E-state index contributed by atoms with van der Waals surface area (Å²) >= 11 is 0. The van der Waals surface area contributed by atoms with Crippen LogP contribution in [0.3, 0.4) is 0 Å². The maximum atomic E-state index is 11.7. The number of carbonyl (C=O) groups excluding carboxylic acids is 1. The number of hydrogen-bond donors (Lipinski definition) is 2. The first kappa shape index (κ1) is 18.8. The zero-order valence-corrected chi connectivity index (χ0v) is 14.7. The van der Waals surface area contributed by atoms with Gasteiger partial charge in [0.05, 0.1) is 19.6 Å². The van der Waals surface area contributed by atoms with E-state index in [9.17, 15) is 9.90 Å². The largest absolute Gasteiger partial charge is 0.493 e. The summed E-state index contributed by atoms with van der Waals surface area (Å²) in [6.45, 7) is 2.68. The normalized spacial score (nSPS) is 11.6. The van der Waals surface area contributed by atoms with Crippen molar-refractivity contribution in [1.82, 2.24) is 5.32 Å². The highest BCUT2D eigenvalue weighted by Gasteiger charge is 2.10. The highest BCUT2D eigenvalue weighted by Crippen LogP contribution is 2.28. The van der Waals surface area contributed by atoms with E-state index < -0.39 is 6.10 Å². The van der Waals surface area contributed by atoms with Crippen molar-refractivity contribution in [2.75, 3.05) is 7.11 Å². The molecular formula is C20H25NO4. The molecule has 0 heterocycles. The van der Waals surface area contributed by atoms with Crippen LogP contribution in [0.1, 0.15) is 30.9 Å². The Morgan fingerprint density at radius 1 is 1.12 bits per heavy atom. The van der Waals surface area contributed by atoms with Crippen molar-refractivity contribution in [3.63, 3.8) is 0 Å². The minimum Gasteiger partial charge on any atom is -0.493 e. The van der Waals surface area contributed by atoms with Crippen molar-refractivity contribution in [3.05, 3.63) is 59.7 Å². The van der Waals surface area contributed by atoms with Crippen LogP contribution in [0.25, 0.3) is 0 Å². The van der Waals surface area contributed by atoms with Gasteiger partial charge in [0.15, 0.2) is 11.5 Å². The molecule has 25 heavy (non-hydrogen) atoms. The number of carbonyl (C=O) groups is 1. The third kappa shape index (κ3) is 6.12. The lowest BCUT2D eigenvalue weighted by molar-refractivity contribution is -0.123. The zero-order chi connectivity index (χ0) is 18.1. The number of nitrogens with one attached hydrogen (secondary N) is 1. The van der Waals surface area contributed by atoms with Gasteiger partial charge < -0.3 is 19.9 Å². The summed E-state index contributed by atoms with van der Waals surface area (Å²) in [5, 5.41) is 12.3. The SMILES string of the molecule is CCC(O)CC(=O)NCc1ccc(OCc2ccccc2)c(OC)c1. The molecule has 5 heteroatoms. The summed E-state index contributed by atoms with van der Waals surface area (Å²) in [6, 6.07) is 15.5. The molecule has 0 aliphatic heterocycles. The van der Waals surface area contributed by atoms with E-state index in [0.717, 1.165) is 11.1 Å². The number of rotatable bonds is 9. The lowest BCUT2D eigenvalue weighted by atomic mass is 10.1. The highest BCUT2D eigenvalue weighted by molar-refractivity contribution is 5.76. The molecule has 5 nitrogen and oxygen atoms in total. The predicted molar refractivity (Wildman–Crippen MR) is 96.5 cm³/mol. The van der Waals surface area contributed by atoms with E-state index >= 15 is 0 Å². The van der Waals surface area contributed by atoms with Gasteiger partial charge >= 0.3 is 0 Å². The Hall–Kier alpha value is -2.53. The maximum absolute atomic E-state index is 11.7. The highest BCUT2D eigenvalue weighted by atomic mass is 16.5. The van der Waals surface area contributed by atoms with Gasteiger partial charge in [-0.05, 0) is 29.7 Å². The van der Waals surface area contributed by atoms with E-state index in [0.29, 0.717) is 31.1 Å². The molecule has 1 amide bonds. The molecule has 134 valence electrons. The number of amides is 1. The molecule has 2 aromatic rings. The van der Waals surface area contributed by atoms with E-state index in [1.165, 1.54) is 0 Å². The van der Waals surface area contributed by atoms with Crippen LogP contribution in [0.2, 0.25) is 0 Å². The fourth-order valence-electron chi connectivity index (χ4n) is 2.31. The molecule has 1 unspecified atom stereocenters. The first-order valence-electron chi connectivity index (χ1n) is 8.40. The van der Waals surface area contributed by atoms with Gasteiger partial charge in [-0.1, -0.05) is 43.3 Å². The van der Waals surface area contributed by atoms with Crippen LogP contribution in [-0.2, 0) is 17.9 Å². The molecule has 2 aromatic carbocycles. The monoisotopic (exact) mass is 343 g/mol. The van der Waals surface area contributed by atoms with Gasteiger partial charge in [-0.3, -0.25) is 4.79 Å². The van der Waals surface area contributed by atoms with Crippen molar-refractivity contribution < 1.29 is 19.4 Å². The van der Waals surface area contributed by atoms with E-state index in [-0.39, 0.29) is 12.3 Å². The molecule has 2 rings (SSSR count). The number of benzene rings is 2. The van der Waals surface area contributed by atoms with Crippen molar-refractivity contribution in [1.29, 1.82) is 0 Å². The van der Waals surface area contributed by atoms with Gasteiger partial charge in [0.25, 0.3) is 0 Å². The average Bonchev–Trinajstić information content (AvgIpc) is 2.65. The number of ether oxygens (including phenoxy) is 2. The molecule has 0 saturated carbocycles. The summed E-state index contributed by atoms with van der Waals surface area (Å²) < 4.78 is 11.2. The van der Waals surface area contributed by atoms with Crippen molar-refractivity contribution in [3.8, 4) is 11.5 Å². The van der Waals surface area contributed by atoms with Crippen molar-refractivity contribution in [2.45, 2.75) is 39.0 Å². The lowest BCUT2D eigenvalue weighted by Gasteiger charge is -2.13. The van der Waals surface area contributed by atoms with Crippen molar-refractivity contribution in [2.24, 2.45) is 0 Å². The van der Waals surface area contributed by atoms with Gasteiger partial charge in [-0.2, -0.15) is 0 Å². The van der Waals surface area contributed by atoms with Crippen LogP contribution >= 0.6 is 0 Å². The molecule has 0 aliphatic carbocycles. The van der Waals surface area contributed by atoms with E-state index in [2.05, 4.69) is 5.32 Å². The Morgan fingerprint density at radius 2 is 1.88 bits per heavy atom. The molecular weight excluding hydrogens is 318 g/mol. The Bertz CT molecular complexity index is 673. The number of hydrogen-bond acceptors (Lipinski definition) is 4. The quantitative estimate of drug-likeness (QED) is 0.734. The molecule has 2 N–H and O–H groups in total. The molecule has 0 spiro atoms. The summed E-state index contributed by atoms with van der Waals surface area (Å²) in [5.74, 6) is 1.11. The van der Waals surface area contributed by atoms with Gasteiger partial charge in [-0.25, -0.2) is 0 Å². The average molecular weight is 343 g/mol. The molecule has 0 radical (unpaired) electrons. The third-order valence-electron chi connectivity index (χ3n) is 3.85. The fourth-order valence-corrected chi connectivity index (χ4v) is 2.31. The third-order valence-corrected chi connectivity index (χ3v) is 3.85. The second kappa shape index (κ2) is 9.69. The van der Waals surface area contributed by atoms with Crippen LogP contribution in [0.15, 0.2) is 48.5 Å². The van der Waals surface area contributed by atoms with Crippen molar-refractivity contribution >= 4 is 5.91 Å². The molecule has 0 saturated heterocycles. The van der Waals surface area contributed by atoms with Crippen LogP contribution in [-0.4, -0.2) is 24.2 Å². The Balaban J connectivity index is 1.93.